The van der Waals surface area contributed by atoms with Crippen LogP contribution in [0.1, 0.15) is 0 Å². The third-order valence-corrected chi connectivity index (χ3v) is 12.8. The largest absolute Gasteiger partial charge is 0.310 e. The minimum Gasteiger partial charge on any atom is -0.310 e. The number of aromatic nitrogens is 1. The number of nitrogens with zero attached hydrogens (tertiary/aromatic N) is 2. The zero-order valence-corrected chi connectivity index (χ0v) is 35.1. The normalized spacial score (nSPS) is 11.4. The number of anilines is 3. The van der Waals surface area contributed by atoms with E-state index in [-0.39, 0.29) is 0 Å². The van der Waals surface area contributed by atoms with E-state index in [2.05, 4.69) is 264 Å². The summed E-state index contributed by atoms with van der Waals surface area (Å²) < 4.78 is 2.41. The van der Waals surface area contributed by atoms with Crippen LogP contribution in [0.25, 0.3) is 93.5 Å². The van der Waals surface area contributed by atoms with Gasteiger partial charge in [0.2, 0.25) is 0 Å². The predicted octanol–water partition coefficient (Wildman–Crippen LogP) is 17.2. The van der Waals surface area contributed by atoms with Gasteiger partial charge >= 0.3 is 0 Å². The van der Waals surface area contributed by atoms with E-state index >= 15 is 0 Å². The van der Waals surface area contributed by atoms with Gasteiger partial charge in [-0.3, -0.25) is 0 Å². The lowest BCUT2D eigenvalue weighted by atomic mass is 9.97. The first-order valence-electron chi connectivity index (χ1n) is 22.0. The van der Waals surface area contributed by atoms with E-state index in [0.717, 1.165) is 28.3 Å². The van der Waals surface area contributed by atoms with Crippen LogP contribution in [0.5, 0.6) is 0 Å². The Balaban J connectivity index is 0.958. The lowest BCUT2D eigenvalue weighted by molar-refractivity contribution is 1.18. The molecule has 0 saturated heterocycles. The number of rotatable bonds is 8. The summed E-state index contributed by atoms with van der Waals surface area (Å²) in [7, 11) is 0. The molecule has 1 heterocycles. The molecule has 11 aromatic carbocycles. The smallest absolute Gasteiger partial charge is 0.0547 e. The third-order valence-electron chi connectivity index (χ3n) is 12.8. The van der Waals surface area contributed by atoms with Gasteiger partial charge in [-0.1, -0.05) is 188 Å². The molecule has 0 atom stereocenters. The van der Waals surface area contributed by atoms with Crippen molar-refractivity contribution in [1.82, 2.24) is 4.57 Å². The first-order valence-corrected chi connectivity index (χ1v) is 22.0. The standard InChI is InChI=1S/C62H42N2/c1-3-13-43(14-4-1)45-27-34-52(35-28-45)63(53-36-31-47(32-37-53)49-33-40-57-51(41-49)26-25-48-17-7-8-20-56(48)57)55-19-11-18-50(42-55)58-22-12-24-61-62(58)59-21-9-10-23-60(59)64(61)54-38-29-46(30-39-54)44-15-5-2-6-16-44/h1-42H. The van der Waals surface area contributed by atoms with Crippen molar-refractivity contribution in [2.45, 2.75) is 0 Å². The zero-order chi connectivity index (χ0) is 42.4. The summed E-state index contributed by atoms with van der Waals surface area (Å²) >= 11 is 0. The number of hydrogen-bond donors (Lipinski definition) is 0. The average Bonchev–Trinajstić information content (AvgIpc) is 3.72. The molecule has 1 aromatic heterocycles. The second-order valence-electron chi connectivity index (χ2n) is 16.5. The Bertz CT molecular complexity index is 3620. The molecule has 0 aliphatic heterocycles. The van der Waals surface area contributed by atoms with Crippen LogP contribution >= 0.6 is 0 Å². The predicted molar refractivity (Wildman–Crippen MR) is 272 cm³/mol. The first kappa shape index (κ1) is 37.3. The number of benzene rings is 11. The molecule has 64 heavy (non-hydrogen) atoms. The fraction of sp³-hybridized carbons (Fsp3) is 0. The van der Waals surface area contributed by atoms with Gasteiger partial charge in [-0.25, -0.2) is 0 Å². The molecule has 300 valence electrons. The maximum atomic E-state index is 2.41. The maximum absolute atomic E-state index is 2.41. The molecule has 0 spiro atoms. The molecule has 0 radical (unpaired) electrons. The third kappa shape index (κ3) is 6.61. The number of fused-ring (bicyclic) bond motifs is 6. The maximum Gasteiger partial charge on any atom is 0.0547 e. The molecule has 0 unspecified atom stereocenters. The van der Waals surface area contributed by atoms with Crippen molar-refractivity contribution in [3.05, 3.63) is 255 Å². The number of hydrogen-bond acceptors (Lipinski definition) is 1. The lowest BCUT2D eigenvalue weighted by Gasteiger charge is -2.26. The van der Waals surface area contributed by atoms with Crippen molar-refractivity contribution in [2.75, 3.05) is 4.90 Å². The topological polar surface area (TPSA) is 8.17 Å². The van der Waals surface area contributed by atoms with Crippen LogP contribution in [0.2, 0.25) is 0 Å². The van der Waals surface area contributed by atoms with E-state index in [0.29, 0.717) is 0 Å². The fourth-order valence-electron chi connectivity index (χ4n) is 9.66. The van der Waals surface area contributed by atoms with Crippen molar-refractivity contribution >= 4 is 60.4 Å². The van der Waals surface area contributed by atoms with Crippen LogP contribution in [-0.4, -0.2) is 4.57 Å². The van der Waals surface area contributed by atoms with Gasteiger partial charge in [0, 0.05) is 33.5 Å². The van der Waals surface area contributed by atoms with Gasteiger partial charge in [0.15, 0.2) is 0 Å². The Labute approximate surface area is 373 Å². The monoisotopic (exact) mass is 814 g/mol. The number of para-hydroxylation sites is 1. The summed E-state index contributed by atoms with van der Waals surface area (Å²) in [5.74, 6) is 0. The Morgan fingerprint density at radius 2 is 0.766 bits per heavy atom. The fourth-order valence-corrected chi connectivity index (χ4v) is 9.66. The highest BCUT2D eigenvalue weighted by Gasteiger charge is 2.19. The molecular weight excluding hydrogens is 773 g/mol. The zero-order valence-electron chi connectivity index (χ0n) is 35.1. The lowest BCUT2D eigenvalue weighted by Crippen LogP contribution is -2.10. The van der Waals surface area contributed by atoms with Gasteiger partial charge in [-0.15, -0.1) is 0 Å². The van der Waals surface area contributed by atoms with E-state index < -0.39 is 0 Å². The highest BCUT2D eigenvalue weighted by molar-refractivity contribution is 6.16. The second kappa shape index (κ2) is 15.8. The van der Waals surface area contributed by atoms with Crippen LogP contribution in [0.3, 0.4) is 0 Å². The molecule has 12 rings (SSSR count). The van der Waals surface area contributed by atoms with Crippen LogP contribution in [0, 0.1) is 0 Å². The van der Waals surface area contributed by atoms with Gasteiger partial charge in [0.25, 0.3) is 0 Å². The SMILES string of the molecule is c1ccc(-c2ccc(N(c3ccc(-c4ccc5c(ccc6ccccc65)c4)cc3)c3cccc(-c4cccc5c4c4ccccc4n5-c4ccc(-c5ccccc5)cc4)c3)cc2)cc1. The molecule has 0 aliphatic rings. The molecule has 0 aliphatic carbocycles. The summed E-state index contributed by atoms with van der Waals surface area (Å²) in [6, 6.07) is 92.6. The van der Waals surface area contributed by atoms with Crippen LogP contribution in [0.4, 0.5) is 17.1 Å². The van der Waals surface area contributed by atoms with Gasteiger partial charge in [0.05, 0.1) is 11.0 Å². The summed E-state index contributed by atoms with van der Waals surface area (Å²) in [5, 5.41) is 7.55. The van der Waals surface area contributed by atoms with E-state index in [1.807, 2.05) is 0 Å². The summed E-state index contributed by atoms with van der Waals surface area (Å²) in [5.41, 5.74) is 16.4. The molecule has 2 heteroatoms. The van der Waals surface area contributed by atoms with E-state index in [9.17, 15) is 0 Å². The van der Waals surface area contributed by atoms with E-state index in [1.54, 1.807) is 0 Å². The average molecular weight is 815 g/mol. The van der Waals surface area contributed by atoms with E-state index in [1.165, 1.54) is 82.3 Å². The molecule has 0 amide bonds. The second-order valence-corrected chi connectivity index (χ2v) is 16.5. The highest BCUT2D eigenvalue weighted by Crippen LogP contribution is 2.42. The molecular formula is C62H42N2. The van der Waals surface area contributed by atoms with Gasteiger partial charge in [-0.05, 0) is 133 Å². The summed E-state index contributed by atoms with van der Waals surface area (Å²) in [6.45, 7) is 0. The van der Waals surface area contributed by atoms with Crippen molar-refractivity contribution in [3.8, 4) is 50.2 Å². The van der Waals surface area contributed by atoms with Crippen molar-refractivity contribution in [1.29, 1.82) is 0 Å². The molecule has 0 fully saturated rings. The van der Waals surface area contributed by atoms with Crippen molar-refractivity contribution in [2.24, 2.45) is 0 Å². The van der Waals surface area contributed by atoms with Crippen molar-refractivity contribution in [3.63, 3.8) is 0 Å². The minimum atomic E-state index is 1.09. The first-order chi connectivity index (χ1) is 31.7. The molecule has 0 bridgehead atoms. The highest BCUT2D eigenvalue weighted by atomic mass is 15.1. The van der Waals surface area contributed by atoms with Gasteiger partial charge < -0.3 is 9.47 Å². The minimum absolute atomic E-state index is 1.09. The molecule has 2 nitrogen and oxygen atoms in total. The van der Waals surface area contributed by atoms with Gasteiger partial charge in [0.1, 0.15) is 0 Å². The Kier molecular flexibility index (Phi) is 9.20. The van der Waals surface area contributed by atoms with Crippen LogP contribution in [-0.2, 0) is 0 Å². The van der Waals surface area contributed by atoms with Crippen LogP contribution in [0.15, 0.2) is 255 Å². The summed E-state index contributed by atoms with van der Waals surface area (Å²) in [6.07, 6.45) is 0. The van der Waals surface area contributed by atoms with Gasteiger partial charge in [-0.2, -0.15) is 0 Å². The summed E-state index contributed by atoms with van der Waals surface area (Å²) in [4.78, 5) is 2.38. The van der Waals surface area contributed by atoms with Crippen LogP contribution < -0.4 is 4.90 Å². The Morgan fingerprint density at radius 1 is 0.266 bits per heavy atom. The molecule has 12 aromatic rings. The van der Waals surface area contributed by atoms with E-state index in [4.69, 9.17) is 0 Å². The molecule has 0 saturated carbocycles. The molecule has 0 N–H and O–H groups in total. The Morgan fingerprint density at radius 3 is 1.47 bits per heavy atom. The Hall–Kier alpha value is -8.46. The van der Waals surface area contributed by atoms with Crippen molar-refractivity contribution < 1.29 is 0 Å². The quantitative estimate of drug-likeness (QED) is 0.139.